The number of ether oxygens (including phenoxy) is 1. The van der Waals surface area contributed by atoms with Gasteiger partial charge in [0.2, 0.25) is 0 Å². The molecular formula is C11H10ClF2NO. The van der Waals surface area contributed by atoms with E-state index in [9.17, 15) is 8.78 Å². The van der Waals surface area contributed by atoms with E-state index >= 15 is 0 Å². The fraction of sp³-hybridized carbons (Fsp3) is 0.364. The summed E-state index contributed by atoms with van der Waals surface area (Å²) in [7, 11) is 0. The molecule has 0 atom stereocenters. The average Bonchev–Trinajstić information content (AvgIpc) is 2.19. The van der Waals surface area contributed by atoms with E-state index in [4.69, 9.17) is 16.9 Å². The SMILES string of the molecule is CC(C)c1cc(Cl)c(C#N)cc1OC(F)F. The highest BCUT2D eigenvalue weighted by Crippen LogP contribution is 2.32. The van der Waals surface area contributed by atoms with Crippen LogP contribution in [0.15, 0.2) is 12.1 Å². The minimum atomic E-state index is -2.91. The number of hydrogen-bond donors (Lipinski definition) is 0. The molecule has 0 N–H and O–H groups in total. The number of rotatable bonds is 3. The van der Waals surface area contributed by atoms with Gasteiger partial charge in [-0.25, -0.2) is 0 Å². The summed E-state index contributed by atoms with van der Waals surface area (Å²) in [5.41, 5.74) is 0.686. The Hall–Kier alpha value is -1.34. The molecule has 0 aliphatic rings. The quantitative estimate of drug-likeness (QED) is 0.808. The Balaban J connectivity index is 3.26. The van der Waals surface area contributed by atoms with Crippen LogP contribution in [0.3, 0.4) is 0 Å². The van der Waals surface area contributed by atoms with Crippen LogP contribution in [-0.4, -0.2) is 6.61 Å². The highest BCUT2D eigenvalue weighted by atomic mass is 35.5. The largest absolute Gasteiger partial charge is 0.434 e. The van der Waals surface area contributed by atoms with Gasteiger partial charge in [-0.15, -0.1) is 0 Å². The van der Waals surface area contributed by atoms with Crippen LogP contribution >= 0.6 is 11.6 Å². The van der Waals surface area contributed by atoms with E-state index in [1.54, 1.807) is 0 Å². The predicted octanol–water partition coefficient (Wildman–Crippen LogP) is 3.94. The van der Waals surface area contributed by atoms with Gasteiger partial charge in [-0.3, -0.25) is 0 Å². The van der Waals surface area contributed by atoms with E-state index in [1.807, 2.05) is 19.9 Å². The van der Waals surface area contributed by atoms with Gasteiger partial charge in [0, 0.05) is 0 Å². The predicted molar refractivity (Wildman–Crippen MR) is 56.9 cm³/mol. The van der Waals surface area contributed by atoms with Crippen molar-refractivity contribution in [1.29, 1.82) is 5.26 Å². The van der Waals surface area contributed by atoms with Gasteiger partial charge in [-0.2, -0.15) is 14.0 Å². The maximum absolute atomic E-state index is 12.2. The first kappa shape index (κ1) is 12.7. The molecule has 0 radical (unpaired) electrons. The van der Waals surface area contributed by atoms with Crippen LogP contribution < -0.4 is 4.74 Å². The smallest absolute Gasteiger partial charge is 0.387 e. The first-order valence-corrected chi connectivity index (χ1v) is 5.01. The third kappa shape index (κ3) is 2.83. The van der Waals surface area contributed by atoms with Crippen LogP contribution in [0, 0.1) is 11.3 Å². The minimum Gasteiger partial charge on any atom is -0.434 e. The second kappa shape index (κ2) is 5.13. The monoisotopic (exact) mass is 245 g/mol. The van der Waals surface area contributed by atoms with E-state index in [0.717, 1.165) is 0 Å². The standard InChI is InChI=1S/C11H10ClF2NO/c1-6(2)8-4-9(12)7(5-15)3-10(8)16-11(13)14/h3-4,6,11H,1-2H3. The summed E-state index contributed by atoms with van der Waals surface area (Å²) in [4.78, 5) is 0. The lowest BCUT2D eigenvalue weighted by Crippen LogP contribution is -2.05. The van der Waals surface area contributed by atoms with Crippen LogP contribution in [0.5, 0.6) is 5.75 Å². The molecule has 0 saturated heterocycles. The summed E-state index contributed by atoms with van der Waals surface area (Å²) in [6.45, 7) is 0.747. The number of nitrogens with zero attached hydrogens (tertiary/aromatic N) is 1. The van der Waals surface area contributed by atoms with Crippen LogP contribution in [0.25, 0.3) is 0 Å². The van der Waals surface area contributed by atoms with Crippen molar-refractivity contribution in [3.63, 3.8) is 0 Å². The third-order valence-electron chi connectivity index (χ3n) is 2.06. The van der Waals surface area contributed by atoms with Gasteiger partial charge in [-0.05, 0) is 23.6 Å². The number of benzene rings is 1. The lowest BCUT2D eigenvalue weighted by Gasteiger charge is -2.14. The number of alkyl halides is 2. The van der Waals surface area contributed by atoms with Crippen molar-refractivity contribution >= 4 is 11.6 Å². The van der Waals surface area contributed by atoms with E-state index < -0.39 is 6.61 Å². The molecule has 16 heavy (non-hydrogen) atoms. The maximum atomic E-state index is 12.2. The van der Waals surface area contributed by atoms with Crippen molar-refractivity contribution in [2.75, 3.05) is 0 Å². The molecule has 1 rings (SSSR count). The summed E-state index contributed by atoms with van der Waals surface area (Å²) >= 11 is 5.82. The Bertz CT molecular complexity index is 427. The molecule has 1 aromatic carbocycles. The highest BCUT2D eigenvalue weighted by molar-refractivity contribution is 6.31. The zero-order chi connectivity index (χ0) is 12.3. The number of nitriles is 1. The van der Waals surface area contributed by atoms with Crippen molar-refractivity contribution in [3.05, 3.63) is 28.3 Å². The molecule has 0 aliphatic heterocycles. The maximum Gasteiger partial charge on any atom is 0.387 e. The van der Waals surface area contributed by atoms with Gasteiger partial charge in [0.15, 0.2) is 0 Å². The summed E-state index contributed by atoms with van der Waals surface area (Å²) < 4.78 is 28.7. The van der Waals surface area contributed by atoms with Crippen molar-refractivity contribution in [3.8, 4) is 11.8 Å². The molecule has 0 amide bonds. The van der Waals surface area contributed by atoms with Crippen LogP contribution in [-0.2, 0) is 0 Å². The second-order valence-corrected chi connectivity index (χ2v) is 3.92. The molecule has 0 fully saturated rings. The van der Waals surface area contributed by atoms with Crippen molar-refractivity contribution < 1.29 is 13.5 Å². The molecule has 0 bridgehead atoms. The van der Waals surface area contributed by atoms with Gasteiger partial charge < -0.3 is 4.74 Å². The van der Waals surface area contributed by atoms with Crippen LogP contribution in [0.4, 0.5) is 8.78 Å². The Kier molecular flexibility index (Phi) is 4.08. The van der Waals surface area contributed by atoms with Crippen molar-refractivity contribution in [2.45, 2.75) is 26.4 Å². The molecule has 0 aromatic heterocycles. The van der Waals surface area contributed by atoms with Gasteiger partial charge >= 0.3 is 6.61 Å². The molecule has 86 valence electrons. The Morgan fingerprint density at radius 3 is 2.44 bits per heavy atom. The first-order chi connectivity index (χ1) is 7.45. The molecular weight excluding hydrogens is 236 g/mol. The Labute approximate surface area is 97.4 Å². The number of halogens is 3. The second-order valence-electron chi connectivity index (χ2n) is 3.51. The normalized spacial score (nSPS) is 10.6. The number of hydrogen-bond acceptors (Lipinski definition) is 2. The van der Waals surface area contributed by atoms with Crippen LogP contribution in [0.2, 0.25) is 5.02 Å². The highest BCUT2D eigenvalue weighted by Gasteiger charge is 2.15. The molecule has 0 spiro atoms. The minimum absolute atomic E-state index is 0.00551. The van der Waals surface area contributed by atoms with Gasteiger partial charge in [0.25, 0.3) is 0 Å². The van der Waals surface area contributed by atoms with Crippen molar-refractivity contribution in [2.24, 2.45) is 0 Å². The van der Waals surface area contributed by atoms with E-state index in [-0.39, 0.29) is 22.3 Å². The zero-order valence-corrected chi connectivity index (χ0v) is 9.55. The van der Waals surface area contributed by atoms with E-state index in [1.165, 1.54) is 12.1 Å². The first-order valence-electron chi connectivity index (χ1n) is 4.64. The fourth-order valence-corrected chi connectivity index (χ4v) is 1.52. The summed E-state index contributed by atoms with van der Waals surface area (Å²) in [5.74, 6) is -0.00931. The van der Waals surface area contributed by atoms with Crippen molar-refractivity contribution in [1.82, 2.24) is 0 Å². The fourth-order valence-electron chi connectivity index (χ4n) is 1.30. The summed E-state index contributed by atoms with van der Waals surface area (Å²) in [5, 5.41) is 8.97. The van der Waals surface area contributed by atoms with E-state index in [0.29, 0.717) is 5.56 Å². The molecule has 0 heterocycles. The molecule has 2 nitrogen and oxygen atoms in total. The Morgan fingerprint density at radius 2 is 2.00 bits per heavy atom. The molecule has 5 heteroatoms. The van der Waals surface area contributed by atoms with Gasteiger partial charge in [0.05, 0.1) is 10.6 Å². The van der Waals surface area contributed by atoms with Gasteiger partial charge in [0.1, 0.15) is 11.8 Å². The lowest BCUT2D eigenvalue weighted by atomic mass is 10.0. The van der Waals surface area contributed by atoms with Crippen LogP contribution in [0.1, 0.15) is 30.9 Å². The molecule has 0 saturated carbocycles. The Morgan fingerprint density at radius 1 is 1.38 bits per heavy atom. The molecule has 0 unspecified atom stereocenters. The molecule has 1 aromatic rings. The summed E-state index contributed by atoms with van der Waals surface area (Å²) in [6.07, 6.45) is 0. The third-order valence-corrected chi connectivity index (χ3v) is 2.37. The zero-order valence-electron chi connectivity index (χ0n) is 8.80. The molecule has 0 aliphatic carbocycles. The topological polar surface area (TPSA) is 33.0 Å². The average molecular weight is 246 g/mol. The lowest BCUT2D eigenvalue weighted by molar-refractivity contribution is -0.0505. The van der Waals surface area contributed by atoms with Gasteiger partial charge in [-0.1, -0.05) is 25.4 Å². The summed E-state index contributed by atoms with van der Waals surface area (Å²) in [6, 6.07) is 4.55. The van der Waals surface area contributed by atoms with E-state index in [2.05, 4.69) is 4.74 Å².